The number of hydrogen-bond acceptors (Lipinski definition) is 7. The molecule has 1 aromatic heterocycles. The van der Waals surface area contributed by atoms with Crippen LogP contribution in [0.2, 0.25) is 0 Å². The van der Waals surface area contributed by atoms with Gasteiger partial charge in [0.15, 0.2) is 0 Å². The van der Waals surface area contributed by atoms with Crippen molar-refractivity contribution in [3.63, 3.8) is 0 Å². The molecule has 0 aliphatic rings. The van der Waals surface area contributed by atoms with Crippen molar-refractivity contribution in [1.82, 2.24) is 0 Å². The van der Waals surface area contributed by atoms with Crippen molar-refractivity contribution in [2.24, 2.45) is 0 Å². The summed E-state index contributed by atoms with van der Waals surface area (Å²) < 4.78 is 18.2. The van der Waals surface area contributed by atoms with Gasteiger partial charge < -0.3 is 15.4 Å². The fourth-order valence-corrected chi connectivity index (χ4v) is 4.01. The van der Waals surface area contributed by atoms with Gasteiger partial charge >= 0.3 is 5.97 Å². The zero-order valence-electron chi connectivity index (χ0n) is 17.5. The molecule has 0 fully saturated rings. The van der Waals surface area contributed by atoms with E-state index in [1.54, 1.807) is 6.92 Å². The summed E-state index contributed by atoms with van der Waals surface area (Å²) >= 11 is 0.852. The quantitative estimate of drug-likeness (QED) is 0.290. The molecule has 2 amide bonds. The first-order valence-corrected chi connectivity index (χ1v) is 10.5. The van der Waals surface area contributed by atoms with E-state index in [2.05, 4.69) is 10.6 Å². The van der Waals surface area contributed by atoms with Gasteiger partial charge in [0, 0.05) is 23.4 Å². The van der Waals surface area contributed by atoms with Crippen LogP contribution in [0.3, 0.4) is 0 Å². The first-order valence-electron chi connectivity index (χ1n) is 9.64. The molecule has 0 spiro atoms. The van der Waals surface area contributed by atoms with Crippen LogP contribution in [0.5, 0.6) is 0 Å². The molecule has 3 rings (SSSR count). The van der Waals surface area contributed by atoms with Crippen LogP contribution in [0.25, 0.3) is 0 Å². The van der Waals surface area contributed by atoms with Gasteiger partial charge in [-0.05, 0) is 49.7 Å². The normalized spacial score (nSPS) is 10.4. The molecule has 33 heavy (non-hydrogen) atoms. The zero-order chi connectivity index (χ0) is 24.1. The Morgan fingerprint density at radius 3 is 2.42 bits per heavy atom. The van der Waals surface area contributed by atoms with E-state index in [9.17, 15) is 28.9 Å². The zero-order valence-corrected chi connectivity index (χ0v) is 18.3. The van der Waals surface area contributed by atoms with Gasteiger partial charge in [-0.25, -0.2) is 9.18 Å². The Balaban J connectivity index is 1.93. The van der Waals surface area contributed by atoms with Crippen molar-refractivity contribution in [2.75, 3.05) is 17.2 Å². The SMILES string of the molecule is CCOC(=O)c1c(NC(=O)c2ccc(F)cc2)sc(C(=O)Nc2cccc([N+](=O)[O-])c2)c1C. The largest absolute Gasteiger partial charge is 0.462 e. The molecule has 11 heteroatoms. The maximum atomic E-state index is 13.2. The van der Waals surface area contributed by atoms with Crippen LogP contribution in [-0.4, -0.2) is 29.3 Å². The molecular weight excluding hydrogens is 453 g/mol. The van der Waals surface area contributed by atoms with Crippen molar-refractivity contribution in [1.29, 1.82) is 0 Å². The molecular formula is C22H18FN3O6S. The monoisotopic (exact) mass is 471 g/mol. The second-order valence-corrected chi connectivity index (χ2v) is 7.72. The van der Waals surface area contributed by atoms with Crippen molar-refractivity contribution < 1.29 is 28.4 Å². The third kappa shape index (κ3) is 5.39. The minimum Gasteiger partial charge on any atom is -0.462 e. The number of anilines is 2. The Morgan fingerprint density at radius 1 is 1.09 bits per heavy atom. The van der Waals surface area contributed by atoms with Gasteiger partial charge in [-0.3, -0.25) is 19.7 Å². The highest BCUT2D eigenvalue weighted by atomic mass is 32.1. The Labute approximate surface area is 191 Å². The fourth-order valence-electron chi connectivity index (χ4n) is 2.93. The lowest BCUT2D eigenvalue weighted by molar-refractivity contribution is -0.384. The molecule has 0 saturated heterocycles. The number of halogens is 1. The van der Waals surface area contributed by atoms with E-state index in [0.717, 1.165) is 23.5 Å². The van der Waals surface area contributed by atoms with E-state index in [-0.39, 0.29) is 44.6 Å². The average Bonchev–Trinajstić information content (AvgIpc) is 3.10. The van der Waals surface area contributed by atoms with Crippen molar-refractivity contribution in [3.05, 3.63) is 86.0 Å². The number of amides is 2. The molecule has 0 aliphatic heterocycles. The first-order chi connectivity index (χ1) is 15.7. The number of rotatable bonds is 7. The van der Waals surface area contributed by atoms with E-state index in [0.29, 0.717) is 0 Å². The number of nitrogens with zero attached hydrogens (tertiary/aromatic N) is 1. The molecule has 2 N–H and O–H groups in total. The summed E-state index contributed by atoms with van der Waals surface area (Å²) in [7, 11) is 0. The lowest BCUT2D eigenvalue weighted by Gasteiger charge is -2.07. The van der Waals surface area contributed by atoms with Crippen molar-refractivity contribution in [3.8, 4) is 0 Å². The van der Waals surface area contributed by atoms with Crippen LogP contribution in [0, 0.1) is 22.9 Å². The van der Waals surface area contributed by atoms with E-state index in [1.807, 2.05) is 0 Å². The molecule has 170 valence electrons. The van der Waals surface area contributed by atoms with Crippen molar-refractivity contribution >= 4 is 45.5 Å². The van der Waals surface area contributed by atoms with Crippen LogP contribution >= 0.6 is 11.3 Å². The maximum Gasteiger partial charge on any atom is 0.341 e. The smallest absolute Gasteiger partial charge is 0.341 e. The van der Waals surface area contributed by atoms with E-state index < -0.39 is 28.5 Å². The molecule has 3 aromatic rings. The predicted octanol–water partition coefficient (Wildman–Crippen LogP) is 4.79. The molecule has 0 radical (unpaired) electrons. The first kappa shape index (κ1) is 23.5. The average molecular weight is 471 g/mol. The number of nitro groups is 1. The van der Waals surface area contributed by atoms with Gasteiger partial charge in [0.05, 0.1) is 22.0 Å². The molecule has 9 nitrogen and oxygen atoms in total. The Hall–Kier alpha value is -4.12. The Morgan fingerprint density at radius 2 is 1.79 bits per heavy atom. The van der Waals surface area contributed by atoms with E-state index in [4.69, 9.17) is 4.74 Å². The molecule has 1 heterocycles. The van der Waals surface area contributed by atoms with Gasteiger partial charge in [0.25, 0.3) is 17.5 Å². The molecule has 0 saturated carbocycles. The molecule has 0 unspecified atom stereocenters. The maximum absolute atomic E-state index is 13.2. The number of nitrogens with one attached hydrogen (secondary N) is 2. The molecule has 2 aromatic carbocycles. The van der Waals surface area contributed by atoms with Crippen LogP contribution < -0.4 is 10.6 Å². The Bertz CT molecular complexity index is 1240. The van der Waals surface area contributed by atoms with Crippen LogP contribution in [0.15, 0.2) is 48.5 Å². The van der Waals surface area contributed by atoms with Crippen LogP contribution in [0.1, 0.15) is 42.9 Å². The second kappa shape index (κ2) is 10.0. The van der Waals surface area contributed by atoms with E-state index in [1.165, 1.54) is 43.3 Å². The number of carbonyl (C=O) groups excluding carboxylic acids is 3. The topological polar surface area (TPSA) is 128 Å². The number of hydrogen-bond donors (Lipinski definition) is 2. The third-order valence-corrected chi connectivity index (χ3v) is 5.69. The highest BCUT2D eigenvalue weighted by Crippen LogP contribution is 2.35. The molecule has 0 aliphatic carbocycles. The van der Waals surface area contributed by atoms with Gasteiger partial charge in [-0.2, -0.15) is 0 Å². The summed E-state index contributed by atoms with van der Waals surface area (Å²) in [5, 5.41) is 16.2. The summed E-state index contributed by atoms with van der Waals surface area (Å²) in [6, 6.07) is 10.2. The third-order valence-electron chi connectivity index (χ3n) is 4.48. The number of thiophene rings is 1. The summed E-state index contributed by atoms with van der Waals surface area (Å²) in [6.07, 6.45) is 0. The van der Waals surface area contributed by atoms with Crippen molar-refractivity contribution in [2.45, 2.75) is 13.8 Å². The number of esters is 1. The fraction of sp³-hybridized carbons (Fsp3) is 0.136. The van der Waals surface area contributed by atoms with Gasteiger partial charge in [-0.15, -0.1) is 11.3 Å². The predicted molar refractivity (Wildman–Crippen MR) is 120 cm³/mol. The highest BCUT2D eigenvalue weighted by molar-refractivity contribution is 7.19. The van der Waals surface area contributed by atoms with E-state index >= 15 is 0 Å². The summed E-state index contributed by atoms with van der Waals surface area (Å²) in [4.78, 5) is 48.5. The number of carbonyl (C=O) groups is 3. The lowest BCUT2D eigenvalue weighted by atomic mass is 10.1. The summed E-state index contributed by atoms with van der Waals surface area (Å²) in [5.74, 6) is -2.46. The van der Waals surface area contributed by atoms with Gasteiger partial charge in [0.2, 0.25) is 0 Å². The van der Waals surface area contributed by atoms with Gasteiger partial charge in [0.1, 0.15) is 10.8 Å². The molecule has 0 atom stereocenters. The minimum absolute atomic E-state index is 0.0153. The number of nitro benzene ring substituents is 1. The number of benzene rings is 2. The standard InChI is InChI=1S/C22H18FN3O6S/c1-3-32-22(29)17-12(2)18(20(28)24-15-5-4-6-16(11-15)26(30)31)33-21(17)25-19(27)13-7-9-14(23)10-8-13/h4-11H,3H2,1-2H3,(H,24,28)(H,25,27). The number of non-ortho nitro benzene ring substituents is 1. The molecule has 0 bridgehead atoms. The lowest BCUT2D eigenvalue weighted by Crippen LogP contribution is -2.15. The summed E-state index contributed by atoms with van der Waals surface area (Å²) in [6.45, 7) is 3.22. The second-order valence-electron chi connectivity index (χ2n) is 6.70. The Kier molecular flexibility index (Phi) is 7.13. The summed E-state index contributed by atoms with van der Waals surface area (Å²) in [5.41, 5.74) is 0.434. The van der Waals surface area contributed by atoms with Crippen LogP contribution in [-0.2, 0) is 4.74 Å². The van der Waals surface area contributed by atoms with Gasteiger partial charge in [-0.1, -0.05) is 6.07 Å². The minimum atomic E-state index is -0.727. The van der Waals surface area contributed by atoms with Crippen LogP contribution in [0.4, 0.5) is 20.8 Å². The highest BCUT2D eigenvalue weighted by Gasteiger charge is 2.27. The number of ether oxygens (including phenoxy) is 1.